The summed E-state index contributed by atoms with van der Waals surface area (Å²) in [7, 11) is 0. The number of aliphatic carboxylic acids is 1. The minimum absolute atomic E-state index is 0. The van der Waals surface area contributed by atoms with Crippen LogP contribution >= 0.6 is 0 Å². The van der Waals surface area contributed by atoms with E-state index >= 15 is 0 Å². The molecule has 16 heavy (non-hydrogen) atoms. The smallest absolute Gasteiger partial charge is 0.300 e. The van der Waals surface area contributed by atoms with Gasteiger partial charge in [0.1, 0.15) is 5.78 Å². The number of carbonyl (C=O) groups excluding carboxylic acids is 1. The average molecular weight is 229 g/mol. The molecule has 0 fully saturated rings. The first-order chi connectivity index (χ1) is 7.00. The molecule has 0 aliphatic carbocycles. The summed E-state index contributed by atoms with van der Waals surface area (Å²) in [5.41, 5.74) is 0. The largest absolute Gasteiger partial charge is 0.481 e. The van der Waals surface area contributed by atoms with Gasteiger partial charge in [0.25, 0.3) is 5.97 Å². The lowest BCUT2D eigenvalue weighted by molar-refractivity contribution is -0.134. The highest BCUT2D eigenvalue weighted by Gasteiger charge is 1.76. The van der Waals surface area contributed by atoms with Crippen molar-refractivity contribution in [3.05, 3.63) is 30.6 Å². The normalized spacial score (nSPS) is 6.94. The molecule has 0 amide bonds. The van der Waals surface area contributed by atoms with Crippen molar-refractivity contribution in [2.24, 2.45) is 0 Å². The molecule has 3 N–H and O–H groups in total. The van der Waals surface area contributed by atoms with Gasteiger partial charge in [0.2, 0.25) is 0 Å². The molecule has 0 bridgehead atoms. The second-order valence-corrected chi connectivity index (χ2v) is 2.60. The summed E-state index contributed by atoms with van der Waals surface area (Å²) >= 11 is 0. The van der Waals surface area contributed by atoms with E-state index in [2.05, 4.69) is 4.98 Å². The second-order valence-electron chi connectivity index (χ2n) is 2.60. The molecule has 92 valence electrons. The van der Waals surface area contributed by atoms with Gasteiger partial charge < -0.3 is 15.4 Å². The molecular weight excluding hydrogens is 210 g/mol. The number of Topliss-reactive ketones (excluding diaryl/α,β-unsaturated/α-hetero) is 1. The summed E-state index contributed by atoms with van der Waals surface area (Å²) < 4.78 is 0. The van der Waals surface area contributed by atoms with Crippen LogP contribution in [0.25, 0.3) is 0 Å². The highest BCUT2D eigenvalue weighted by atomic mass is 16.4. The predicted molar refractivity (Wildman–Crippen MR) is 62.1 cm³/mol. The van der Waals surface area contributed by atoms with Crippen LogP contribution in [0.3, 0.4) is 0 Å². The first-order valence-corrected chi connectivity index (χ1v) is 4.54. The van der Waals surface area contributed by atoms with Gasteiger partial charge in [-0.05, 0) is 19.1 Å². The first-order valence-electron chi connectivity index (χ1n) is 4.54. The lowest BCUT2D eigenvalue weighted by atomic mass is 10.4. The van der Waals surface area contributed by atoms with E-state index in [0.29, 0.717) is 6.42 Å². The van der Waals surface area contributed by atoms with Crippen LogP contribution < -0.4 is 0 Å². The molecule has 5 heteroatoms. The van der Waals surface area contributed by atoms with Crippen molar-refractivity contribution in [1.82, 2.24) is 4.98 Å². The van der Waals surface area contributed by atoms with Crippen LogP contribution in [0, 0.1) is 0 Å². The summed E-state index contributed by atoms with van der Waals surface area (Å²) in [5.74, 6) is -0.579. The summed E-state index contributed by atoms with van der Waals surface area (Å²) in [4.78, 5) is 22.6. The molecule has 0 spiro atoms. The second kappa shape index (κ2) is 15.7. The summed E-state index contributed by atoms with van der Waals surface area (Å²) in [6.45, 7) is 4.52. The lowest BCUT2D eigenvalue weighted by Crippen LogP contribution is -1.80. The number of rotatable bonds is 1. The topological polar surface area (TPSA) is 98.8 Å². The van der Waals surface area contributed by atoms with Gasteiger partial charge in [-0.25, -0.2) is 0 Å². The van der Waals surface area contributed by atoms with Crippen LogP contribution in [0.1, 0.15) is 27.2 Å². The van der Waals surface area contributed by atoms with Gasteiger partial charge in [-0.3, -0.25) is 9.78 Å². The van der Waals surface area contributed by atoms with Crippen LogP contribution in [0.2, 0.25) is 0 Å². The monoisotopic (exact) mass is 229 g/mol. The Labute approximate surface area is 95.5 Å². The molecule has 1 heterocycles. The Hall–Kier alpha value is -1.75. The van der Waals surface area contributed by atoms with Crippen LogP contribution in [0.15, 0.2) is 30.6 Å². The zero-order chi connectivity index (χ0) is 12.1. The van der Waals surface area contributed by atoms with Crippen molar-refractivity contribution in [3.63, 3.8) is 0 Å². The van der Waals surface area contributed by atoms with Crippen molar-refractivity contribution in [1.29, 1.82) is 0 Å². The maximum atomic E-state index is 9.81. The number of ketones is 1. The Morgan fingerprint density at radius 1 is 1.12 bits per heavy atom. The highest BCUT2D eigenvalue weighted by Crippen LogP contribution is 1.73. The number of carbonyl (C=O) groups is 2. The molecular formula is C11H19NO4. The third-order valence-corrected chi connectivity index (χ3v) is 1.06. The molecule has 1 rings (SSSR count). The van der Waals surface area contributed by atoms with Crippen molar-refractivity contribution >= 4 is 11.8 Å². The number of nitrogens with zero attached hydrogens (tertiary/aromatic N) is 1. The van der Waals surface area contributed by atoms with E-state index in [1.807, 2.05) is 25.1 Å². The molecule has 0 aromatic carbocycles. The number of aromatic nitrogens is 1. The van der Waals surface area contributed by atoms with E-state index < -0.39 is 5.97 Å². The highest BCUT2D eigenvalue weighted by molar-refractivity contribution is 5.74. The molecule has 0 saturated heterocycles. The van der Waals surface area contributed by atoms with Gasteiger partial charge in [-0.1, -0.05) is 13.0 Å². The molecule has 0 radical (unpaired) electrons. The molecule has 5 nitrogen and oxygen atoms in total. The zero-order valence-electron chi connectivity index (χ0n) is 9.80. The fourth-order valence-corrected chi connectivity index (χ4v) is 0.313. The molecule has 1 aromatic heterocycles. The van der Waals surface area contributed by atoms with Gasteiger partial charge in [-0.15, -0.1) is 0 Å². The van der Waals surface area contributed by atoms with E-state index in [9.17, 15) is 4.79 Å². The first kappa shape index (κ1) is 19.8. The van der Waals surface area contributed by atoms with E-state index in [1.54, 1.807) is 19.3 Å². The maximum Gasteiger partial charge on any atom is 0.300 e. The average Bonchev–Trinajstić information content (AvgIpc) is 2.20. The standard InChI is InChI=1S/C5H5N.C4H8O.C2H4O2.H2O/c1-2-4-6-5-3-1;1-3-4(2)5;1-2(3)4;/h1-5H;3H2,1-2H3;1H3,(H,3,4);1H2. The van der Waals surface area contributed by atoms with Crippen molar-refractivity contribution in [3.8, 4) is 0 Å². The van der Waals surface area contributed by atoms with Gasteiger partial charge in [-0.2, -0.15) is 0 Å². The Morgan fingerprint density at radius 3 is 1.50 bits per heavy atom. The molecule has 0 aliphatic rings. The van der Waals surface area contributed by atoms with Crippen LogP contribution in [0.5, 0.6) is 0 Å². The Kier molecular flexibility index (Phi) is 19.4. The van der Waals surface area contributed by atoms with Crippen molar-refractivity contribution < 1.29 is 20.2 Å². The molecule has 0 unspecified atom stereocenters. The number of hydrogen-bond acceptors (Lipinski definition) is 3. The molecule has 1 aromatic rings. The predicted octanol–water partition coefficient (Wildman–Crippen LogP) is 1.33. The number of pyridine rings is 1. The van der Waals surface area contributed by atoms with Crippen molar-refractivity contribution in [2.75, 3.05) is 0 Å². The van der Waals surface area contributed by atoms with Crippen LogP contribution in [-0.4, -0.2) is 27.3 Å². The lowest BCUT2D eigenvalue weighted by Gasteiger charge is -1.71. The summed E-state index contributed by atoms with van der Waals surface area (Å²) in [6.07, 6.45) is 4.17. The molecule has 0 atom stereocenters. The van der Waals surface area contributed by atoms with E-state index in [-0.39, 0.29) is 11.3 Å². The molecule has 0 saturated carbocycles. The molecule has 0 aliphatic heterocycles. The van der Waals surface area contributed by atoms with Gasteiger partial charge in [0, 0.05) is 25.7 Å². The van der Waals surface area contributed by atoms with E-state index in [4.69, 9.17) is 9.90 Å². The Bertz CT molecular complexity index is 231. The number of carboxylic acids is 1. The van der Waals surface area contributed by atoms with E-state index in [1.165, 1.54) is 0 Å². The quantitative estimate of drug-likeness (QED) is 0.785. The van der Waals surface area contributed by atoms with Crippen molar-refractivity contribution in [2.45, 2.75) is 27.2 Å². The maximum absolute atomic E-state index is 9.81. The van der Waals surface area contributed by atoms with Gasteiger partial charge in [0.15, 0.2) is 0 Å². The SMILES string of the molecule is CC(=O)O.CCC(C)=O.O.c1ccncc1. The third kappa shape index (κ3) is 39.7. The summed E-state index contributed by atoms with van der Waals surface area (Å²) in [6, 6.07) is 5.72. The van der Waals surface area contributed by atoms with Crippen LogP contribution in [-0.2, 0) is 9.59 Å². The fraction of sp³-hybridized carbons (Fsp3) is 0.364. The third-order valence-electron chi connectivity index (χ3n) is 1.06. The number of hydrogen-bond donors (Lipinski definition) is 1. The minimum atomic E-state index is -0.833. The van der Waals surface area contributed by atoms with Gasteiger partial charge >= 0.3 is 0 Å². The summed E-state index contributed by atoms with van der Waals surface area (Å²) in [5, 5.41) is 7.42. The zero-order valence-corrected chi connectivity index (χ0v) is 9.80. The fourth-order valence-electron chi connectivity index (χ4n) is 0.313. The number of carboxylic acid groups (broad SMARTS) is 1. The minimum Gasteiger partial charge on any atom is -0.481 e. The Morgan fingerprint density at radius 2 is 1.44 bits per heavy atom. The Balaban J connectivity index is -0.000000158. The van der Waals surface area contributed by atoms with E-state index in [0.717, 1.165) is 6.92 Å². The van der Waals surface area contributed by atoms with Crippen LogP contribution in [0.4, 0.5) is 0 Å². The van der Waals surface area contributed by atoms with Gasteiger partial charge in [0.05, 0.1) is 0 Å².